The number of phenolic OH excluding ortho intramolecular Hbond substituents is 1. The van der Waals surface area contributed by atoms with Gasteiger partial charge in [-0.05, 0) is 11.6 Å². The molecule has 0 fully saturated rings. The predicted molar refractivity (Wildman–Crippen MR) is 63.5 cm³/mol. The van der Waals surface area contributed by atoms with Gasteiger partial charge in [0.25, 0.3) is 0 Å². The molecule has 2 aromatic carbocycles. The lowest BCUT2D eigenvalue weighted by Crippen LogP contribution is -1.85. The van der Waals surface area contributed by atoms with Crippen LogP contribution in [0.25, 0.3) is 11.1 Å². The molecule has 0 amide bonds. The molecule has 2 aromatic rings. The lowest BCUT2D eigenvalue weighted by atomic mass is 10.0. The van der Waals surface area contributed by atoms with Gasteiger partial charge in [-0.15, -0.1) is 0 Å². The van der Waals surface area contributed by atoms with E-state index in [4.69, 9.17) is 23.2 Å². The van der Waals surface area contributed by atoms with Gasteiger partial charge in [-0.3, -0.25) is 0 Å². The summed E-state index contributed by atoms with van der Waals surface area (Å²) in [5.41, 5.74) is 1.00. The number of phenols is 1. The van der Waals surface area contributed by atoms with Gasteiger partial charge in [0.15, 0.2) is 0 Å². The van der Waals surface area contributed by atoms with Crippen LogP contribution in [0.5, 0.6) is 5.75 Å². The first kappa shape index (κ1) is 11.2. The second-order valence-corrected chi connectivity index (χ2v) is 4.00. The number of rotatable bonds is 1. The second-order valence-electron chi connectivity index (χ2n) is 3.25. The normalized spacial score (nSPS) is 10.4. The summed E-state index contributed by atoms with van der Waals surface area (Å²) in [5.74, 6) is -0.859. The number of aromatic hydroxyl groups is 1. The van der Waals surface area contributed by atoms with Gasteiger partial charge in [0.1, 0.15) is 16.6 Å². The molecule has 0 aromatic heterocycles. The van der Waals surface area contributed by atoms with E-state index in [1.165, 1.54) is 6.07 Å². The van der Waals surface area contributed by atoms with Crippen LogP contribution in [0, 0.1) is 5.82 Å². The molecule has 0 aliphatic heterocycles. The molecule has 0 bridgehead atoms. The van der Waals surface area contributed by atoms with Gasteiger partial charge in [0, 0.05) is 5.56 Å². The molecule has 0 saturated heterocycles. The predicted octanol–water partition coefficient (Wildman–Crippen LogP) is 4.51. The van der Waals surface area contributed by atoms with E-state index in [0.717, 1.165) is 0 Å². The first-order valence-electron chi connectivity index (χ1n) is 4.53. The summed E-state index contributed by atoms with van der Waals surface area (Å²) >= 11 is 11.3. The smallest absolute Gasteiger partial charge is 0.144 e. The minimum absolute atomic E-state index is 0.166. The molecule has 0 aliphatic carbocycles. The van der Waals surface area contributed by atoms with Crippen molar-refractivity contribution >= 4 is 23.2 Å². The molecule has 16 heavy (non-hydrogen) atoms. The molecule has 1 N–H and O–H groups in total. The second kappa shape index (κ2) is 4.32. The Balaban J connectivity index is 2.68. The highest BCUT2D eigenvalue weighted by molar-refractivity contribution is 6.43. The Morgan fingerprint density at radius 1 is 1.00 bits per heavy atom. The third-order valence-corrected chi connectivity index (χ3v) is 3.06. The van der Waals surface area contributed by atoms with Crippen molar-refractivity contribution in [3.05, 3.63) is 52.3 Å². The van der Waals surface area contributed by atoms with Gasteiger partial charge >= 0.3 is 0 Å². The molecule has 0 aliphatic rings. The average molecular weight is 257 g/mol. The van der Waals surface area contributed by atoms with E-state index in [9.17, 15) is 9.50 Å². The van der Waals surface area contributed by atoms with E-state index >= 15 is 0 Å². The topological polar surface area (TPSA) is 20.2 Å². The number of halogens is 3. The maximum Gasteiger partial charge on any atom is 0.144 e. The Morgan fingerprint density at radius 3 is 2.25 bits per heavy atom. The van der Waals surface area contributed by atoms with Gasteiger partial charge in [-0.1, -0.05) is 53.5 Å². The molecular weight excluding hydrogens is 250 g/mol. The lowest BCUT2D eigenvalue weighted by Gasteiger charge is -2.08. The van der Waals surface area contributed by atoms with E-state index in [2.05, 4.69) is 0 Å². The first-order chi connectivity index (χ1) is 7.61. The van der Waals surface area contributed by atoms with Crippen LogP contribution < -0.4 is 0 Å². The molecule has 4 heteroatoms. The van der Waals surface area contributed by atoms with Gasteiger partial charge < -0.3 is 5.11 Å². The van der Waals surface area contributed by atoms with E-state index in [1.54, 1.807) is 24.3 Å². The fourth-order valence-electron chi connectivity index (χ4n) is 1.42. The van der Waals surface area contributed by atoms with Crippen LogP contribution in [-0.4, -0.2) is 5.11 Å². The Labute approximate surface area is 102 Å². The third kappa shape index (κ3) is 1.86. The summed E-state index contributed by atoms with van der Waals surface area (Å²) < 4.78 is 13.4. The minimum Gasteiger partial charge on any atom is -0.506 e. The number of hydrogen-bond donors (Lipinski definition) is 1. The van der Waals surface area contributed by atoms with Gasteiger partial charge in [-0.25, -0.2) is 4.39 Å². The fourth-order valence-corrected chi connectivity index (χ4v) is 1.76. The van der Waals surface area contributed by atoms with Crippen molar-refractivity contribution in [3.63, 3.8) is 0 Å². The SMILES string of the molecule is Oc1c(-c2ccccc2)cc(F)c(Cl)c1Cl. The summed E-state index contributed by atoms with van der Waals surface area (Å²) in [6, 6.07) is 10.1. The summed E-state index contributed by atoms with van der Waals surface area (Å²) in [5, 5.41) is 9.34. The van der Waals surface area contributed by atoms with Crippen molar-refractivity contribution in [3.8, 4) is 16.9 Å². The Bertz CT molecular complexity index is 526. The van der Waals surface area contributed by atoms with Crippen LogP contribution in [0.3, 0.4) is 0 Å². The molecule has 2 rings (SSSR count). The van der Waals surface area contributed by atoms with Crippen LogP contribution >= 0.6 is 23.2 Å². The zero-order valence-electron chi connectivity index (χ0n) is 8.05. The molecule has 82 valence electrons. The zero-order chi connectivity index (χ0) is 11.7. The van der Waals surface area contributed by atoms with Crippen molar-refractivity contribution in [2.24, 2.45) is 0 Å². The molecular formula is C12H7Cl2FO. The van der Waals surface area contributed by atoms with Gasteiger partial charge in [-0.2, -0.15) is 0 Å². The molecule has 0 spiro atoms. The Kier molecular flexibility index (Phi) is 3.03. The molecule has 0 unspecified atom stereocenters. The van der Waals surface area contributed by atoms with E-state index in [-0.39, 0.29) is 15.8 Å². The molecule has 1 nitrogen and oxygen atoms in total. The van der Waals surface area contributed by atoms with Crippen molar-refractivity contribution in [2.45, 2.75) is 0 Å². The third-order valence-electron chi connectivity index (χ3n) is 2.22. The molecule has 0 atom stereocenters. The first-order valence-corrected chi connectivity index (χ1v) is 5.28. The maximum absolute atomic E-state index is 13.4. The van der Waals surface area contributed by atoms with E-state index in [0.29, 0.717) is 11.1 Å². The molecule has 0 heterocycles. The number of hydrogen-bond acceptors (Lipinski definition) is 1. The highest BCUT2D eigenvalue weighted by atomic mass is 35.5. The van der Waals surface area contributed by atoms with Crippen LogP contribution in [0.15, 0.2) is 36.4 Å². The fraction of sp³-hybridized carbons (Fsp3) is 0. The van der Waals surface area contributed by atoms with Crippen LogP contribution in [0.1, 0.15) is 0 Å². The summed E-state index contributed by atoms with van der Waals surface area (Å²) in [7, 11) is 0. The Hall–Kier alpha value is -1.25. The van der Waals surface area contributed by atoms with Crippen LogP contribution in [0.2, 0.25) is 10.0 Å². The lowest BCUT2D eigenvalue weighted by molar-refractivity contribution is 0.475. The highest BCUT2D eigenvalue weighted by Crippen LogP contribution is 2.41. The Morgan fingerprint density at radius 2 is 1.62 bits per heavy atom. The van der Waals surface area contributed by atoms with Crippen molar-refractivity contribution in [2.75, 3.05) is 0 Å². The largest absolute Gasteiger partial charge is 0.506 e. The minimum atomic E-state index is -0.650. The van der Waals surface area contributed by atoms with Crippen LogP contribution in [-0.2, 0) is 0 Å². The zero-order valence-corrected chi connectivity index (χ0v) is 9.56. The summed E-state index contributed by atoms with van der Waals surface area (Å²) in [4.78, 5) is 0. The van der Waals surface area contributed by atoms with Crippen molar-refractivity contribution in [1.29, 1.82) is 0 Å². The highest BCUT2D eigenvalue weighted by Gasteiger charge is 2.15. The summed E-state index contributed by atoms with van der Waals surface area (Å²) in [6.07, 6.45) is 0. The van der Waals surface area contributed by atoms with E-state index < -0.39 is 5.82 Å². The van der Waals surface area contributed by atoms with Gasteiger partial charge in [0.2, 0.25) is 0 Å². The number of benzene rings is 2. The standard InChI is InChI=1S/C12H7Cl2FO/c13-10-9(15)6-8(12(16)11(10)14)7-4-2-1-3-5-7/h1-6,16H. The van der Waals surface area contributed by atoms with E-state index in [1.807, 2.05) is 6.07 Å². The van der Waals surface area contributed by atoms with Gasteiger partial charge in [0.05, 0.1) is 5.02 Å². The quantitative estimate of drug-likeness (QED) is 0.745. The van der Waals surface area contributed by atoms with Crippen LogP contribution in [0.4, 0.5) is 4.39 Å². The molecule has 0 saturated carbocycles. The van der Waals surface area contributed by atoms with Crippen molar-refractivity contribution < 1.29 is 9.50 Å². The average Bonchev–Trinajstić information content (AvgIpc) is 2.32. The molecule has 0 radical (unpaired) electrons. The summed E-state index contributed by atoms with van der Waals surface area (Å²) in [6.45, 7) is 0. The monoisotopic (exact) mass is 256 g/mol. The van der Waals surface area contributed by atoms with Crippen molar-refractivity contribution in [1.82, 2.24) is 0 Å². The maximum atomic E-state index is 13.4.